The number of likely N-dealkylation sites (N-methyl/N-ethyl adjacent to an activating group) is 1. The van der Waals surface area contributed by atoms with Gasteiger partial charge in [0.05, 0.1) is 6.04 Å². The summed E-state index contributed by atoms with van der Waals surface area (Å²) in [5.41, 5.74) is 5.05. The van der Waals surface area contributed by atoms with E-state index in [9.17, 15) is 9.18 Å². The van der Waals surface area contributed by atoms with Gasteiger partial charge in [-0.15, -0.1) is 0 Å². The summed E-state index contributed by atoms with van der Waals surface area (Å²) in [6, 6.07) is 4.63. The van der Waals surface area contributed by atoms with Crippen molar-refractivity contribution in [1.29, 1.82) is 0 Å². The Morgan fingerprint density at radius 3 is 3.00 bits per heavy atom. The molecule has 0 saturated heterocycles. The van der Waals surface area contributed by atoms with Crippen LogP contribution in [0.4, 0.5) is 4.39 Å². The van der Waals surface area contributed by atoms with Crippen molar-refractivity contribution < 1.29 is 9.18 Å². The highest BCUT2D eigenvalue weighted by atomic mass is 19.1. The lowest BCUT2D eigenvalue weighted by atomic mass is 10.1. The molecule has 3 N–H and O–H groups in total. The number of nitrogens with zero attached hydrogens (tertiary/aromatic N) is 1. The van der Waals surface area contributed by atoms with Crippen LogP contribution in [0.2, 0.25) is 0 Å². The molecule has 1 fully saturated rings. The van der Waals surface area contributed by atoms with Crippen molar-refractivity contribution in [2.75, 3.05) is 20.1 Å². The molecule has 1 aromatic carbocycles. The summed E-state index contributed by atoms with van der Waals surface area (Å²) in [7, 11) is 1.75. The number of hydrogen-bond acceptors (Lipinski definition) is 3. The van der Waals surface area contributed by atoms with Crippen molar-refractivity contribution in [3.8, 4) is 0 Å². The third kappa shape index (κ3) is 3.30. The fraction of sp³-hybridized carbons (Fsp3) is 0.500. The van der Waals surface area contributed by atoms with Gasteiger partial charge >= 0.3 is 0 Å². The highest BCUT2D eigenvalue weighted by molar-refractivity contribution is 5.84. The zero-order valence-electron chi connectivity index (χ0n) is 14.4. The molecule has 1 heterocycles. The monoisotopic (exact) mass is 332 g/mol. The number of carbonyl (C=O) groups excluding carboxylic acids is 1. The van der Waals surface area contributed by atoms with Crippen LogP contribution in [0, 0.1) is 11.7 Å². The first-order valence-corrected chi connectivity index (χ1v) is 8.53. The Labute approximate surface area is 141 Å². The third-order valence-electron chi connectivity index (χ3n) is 4.91. The van der Waals surface area contributed by atoms with Gasteiger partial charge in [-0.1, -0.05) is 0 Å². The van der Waals surface area contributed by atoms with Crippen LogP contribution in [0.15, 0.2) is 24.4 Å². The van der Waals surface area contributed by atoms with Gasteiger partial charge in [-0.25, -0.2) is 9.82 Å². The molecule has 3 rings (SSSR count). The molecular formula is C18H25FN4O. The summed E-state index contributed by atoms with van der Waals surface area (Å²) in [5.74, 6) is 0.769. The van der Waals surface area contributed by atoms with E-state index in [0.717, 1.165) is 23.9 Å². The Kier molecular flexibility index (Phi) is 4.87. The molecule has 1 aliphatic rings. The summed E-state index contributed by atoms with van der Waals surface area (Å²) >= 11 is 0. The Morgan fingerprint density at radius 1 is 1.50 bits per heavy atom. The van der Waals surface area contributed by atoms with Crippen LogP contribution in [-0.2, 0) is 4.79 Å². The topological polar surface area (TPSA) is 60.2 Å². The fourth-order valence-corrected chi connectivity index (χ4v) is 3.35. The minimum atomic E-state index is -0.223. The van der Waals surface area contributed by atoms with Crippen molar-refractivity contribution in [3.05, 3.63) is 35.8 Å². The number of halogens is 1. The summed E-state index contributed by atoms with van der Waals surface area (Å²) in [6.45, 7) is 5.25. The maximum Gasteiger partial charge on any atom is 0.253 e. The lowest BCUT2D eigenvalue weighted by Gasteiger charge is -2.23. The first kappa shape index (κ1) is 16.9. The van der Waals surface area contributed by atoms with Gasteiger partial charge in [-0.2, -0.15) is 0 Å². The number of H-pyrrole nitrogens is 1. The van der Waals surface area contributed by atoms with Gasteiger partial charge < -0.3 is 10.3 Å². The quantitative estimate of drug-likeness (QED) is 0.682. The molecule has 6 heteroatoms. The molecule has 0 bridgehead atoms. The van der Waals surface area contributed by atoms with Crippen molar-refractivity contribution in [2.45, 2.75) is 32.2 Å². The number of aromatic amines is 1. The molecule has 130 valence electrons. The van der Waals surface area contributed by atoms with E-state index in [-0.39, 0.29) is 17.8 Å². The van der Waals surface area contributed by atoms with Gasteiger partial charge in [-0.3, -0.25) is 9.80 Å². The molecule has 5 nitrogen and oxygen atoms in total. The number of rotatable bonds is 7. The van der Waals surface area contributed by atoms with E-state index < -0.39 is 0 Å². The van der Waals surface area contributed by atoms with E-state index in [2.05, 4.69) is 15.7 Å². The van der Waals surface area contributed by atoms with E-state index in [0.29, 0.717) is 18.4 Å². The van der Waals surface area contributed by atoms with Crippen molar-refractivity contribution in [2.24, 2.45) is 5.92 Å². The maximum absolute atomic E-state index is 13.5. The number of benzene rings is 1. The number of nitrogens with one attached hydrogen (secondary N) is 3. The number of hydrazine groups is 1. The summed E-state index contributed by atoms with van der Waals surface area (Å²) in [5, 5.41) is 5.90. The van der Waals surface area contributed by atoms with E-state index in [1.54, 1.807) is 24.2 Å². The molecule has 3 atom stereocenters. The number of hydrogen-bond donors (Lipinski definition) is 3. The Hall–Kier alpha value is -1.92. The lowest BCUT2D eigenvalue weighted by Crippen LogP contribution is -2.50. The minimum absolute atomic E-state index is 0.0476. The van der Waals surface area contributed by atoms with Crippen molar-refractivity contribution >= 4 is 16.8 Å². The van der Waals surface area contributed by atoms with Crippen molar-refractivity contribution in [3.63, 3.8) is 0 Å². The third-order valence-corrected chi connectivity index (χ3v) is 4.91. The second-order valence-electron chi connectivity index (χ2n) is 6.47. The molecule has 1 saturated carbocycles. The zero-order chi connectivity index (χ0) is 17.3. The minimum Gasteiger partial charge on any atom is -0.361 e. The molecule has 1 aliphatic carbocycles. The molecule has 24 heavy (non-hydrogen) atoms. The molecule has 1 aromatic heterocycles. The van der Waals surface area contributed by atoms with Crippen LogP contribution >= 0.6 is 0 Å². The van der Waals surface area contributed by atoms with Gasteiger partial charge in [0.25, 0.3) is 5.91 Å². The van der Waals surface area contributed by atoms with Crippen LogP contribution < -0.4 is 10.7 Å². The van der Waals surface area contributed by atoms with Gasteiger partial charge in [0, 0.05) is 30.7 Å². The summed E-state index contributed by atoms with van der Waals surface area (Å²) in [4.78, 5) is 15.4. The van der Waals surface area contributed by atoms with Crippen molar-refractivity contribution in [1.82, 2.24) is 20.7 Å². The van der Waals surface area contributed by atoms with Gasteiger partial charge in [0.15, 0.2) is 0 Å². The van der Waals surface area contributed by atoms with Crippen LogP contribution in [0.25, 0.3) is 10.9 Å². The lowest BCUT2D eigenvalue weighted by molar-refractivity contribution is -0.135. The smallest absolute Gasteiger partial charge is 0.253 e. The molecule has 0 spiro atoms. The molecule has 0 aliphatic heterocycles. The molecular weight excluding hydrogens is 307 g/mol. The Balaban J connectivity index is 1.58. The van der Waals surface area contributed by atoms with E-state index in [4.69, 9.17) is 0 Å². The number of aromatic nitrogens is 1. The summed E-state index contributed by atoms with van der Waals surface area (Å²) in [6.07, 6.45) is 3.06. The van der Waals surface area contributed by atoms with E-state index in [1.807, 2.05) is 20.0 Å². The predicted molar refractivity (Wildman–Crippen MR) is 93.0 cm³/mol. The maximum atomic E-state index is 13.5. The number of amides is 1. The molecule has 0 radical (unpaired) electrons. The second kappa shape index (κ2) is 6.91. The van der Waals surface area contributed by atoms with Gasteiger partial charge in [0.2, 0.25) is 0 Å². The van der Waals surface area contributed by atoms with Crippen LogP contribution in [0.3, 0.4) is 0 Å². The molecule has 2 aromatic rings. The van der Waals surface area contributed by atoms with Gasteiger partial charge in [0.1, 0.15) is 5.82 Å². The SMILES string of the molecule is CCN(NC)C(=O)C(C)NCC1CC1c1c[nH]c2ccc(F)cc12. The predicted octanol–water partition coefficient (Wildman–Crippen LogP) is 2.37. The average molecular weight is 332 g/mol. The number of fused-ring (bicyclic) bond motifs is 1. The highest BCUT2D eigenvalue weighted by Crippen LogP contribution is 2.49. The normalized spacial score (nSPS) is 21.0. The first-order valence-electron chi connectivity index (χ1n) is 8.53. The second-order valence-corrected chi connectivity index (χ2v) is 6.47. The average Bonchev–Trinajstić information content (AvgIpc) is 3.23. The van der Waals surface area contributed by atoms with Crippen LogP contribution in [0.1, 0.15) is 31.7 Å². The largest absolute Gasteiger partial charge is 0.361 e. The fourth-order valence-electron chi connectivity index (χ4n) is 3.35. The molecule has 1 amide bonds. The van der Waals surface area contributed by atoms with E-state index in [1.165, 1.54) is 11.6 Å². The summed E-state index contributed by atoms with van der Waals surface area (Å²) < 4.78 is 13.5. The Bertz CT molecular complexity index is 725. The van der Waals surface area contributed by atoms with Gasteiger partial charge in [-0.05, 0) is 62.4 Å². The van der Waals surface area contributed by atoms with E-state index >= 15 is 0 Å². The molecule has 3 unspecified atom stereocenters. The standard InChI is InChI=1S/C18H25FN4O/c1-4-23(20-3)18(24)11(2)21-9-12-7-14(12)16-10-22-17-6-5-13(19)8-15(16)17/h5-6,8,10-12,14,20-22H,4,7,9H2,1-3H3. The van der Waals surface area contributed by atoms with Crippen LogP contribution in [-0.4, -0.2) is 42.1 Å². The van der Waals surface area contributed by atoms with Crippen LogP contribution in [0.5, 0.6) is 0 Å². The Morgan fingerprint density at radius 2 is 2.29 bits per heavy atom. The highest BCUT2D eigenvalue weighted by Gasteiger charge is 2.39. The first-order chi connectivity index (χ1) is 11.5. The zero-order valence-corrected chi connectivity index (χ0v) is 14.4. The number of carbonyl (C=O) groups is 1.